The molecule has 0 aliphatic heterocycles. The number of carbonyl (C=O) groups excluding carboxylic acids is 3. The first-order valence-electron chi connectivity index (χ1n) is 13.6. The van der Waals surface area contributed by atoms with E-state index in [0.29, 0.717) is 23.4 Å². The lowest BCUT2D eigenvalue weighted by molar-refractivity contribution is -0.146. The summed E-state index contributed by atoms with van der Waals surface area (Å²) in [7, 11) is 1.39. The molecule has 3 aromatic heterocycles. The molecule has 5 rings (SSSR count). The van der Waals surface area contributed by atoms with Crippen LogP contribution in [0.1, 0.15) is 49.6 Å². The van der Waals surface area contributed by atoms with Gasteiger partial charge in [-0.1, -0.05) is 12.2 Å². The minimum atomic E-state index is -4.77. The number of hydrogen-bond donors (Lipinski definition) is 3. The Morgan fingerprint density at radius 3 is 2.24 bits per heavy atom. The van der Waals surface area contributed by atoms with E-state index in [1.807, 2.05) is 6.92 Å². The first-order chi connectivity index (χ1) is 21.3. The molecule has 3 amide bonds. The summed E-state index contributed by atoms with van der Waals surface area (Å²) in [6.07, 6.45) is -1.69. The fraction of sp³-hybridized carbons (Fsp3) is 0.241. The Balaban J connectivity index is 1.53. The standard InChI is InChI=1S/C29H28F3N9O4/c1-4-41-21(11-15(2)38-41)26(44)37-28-36-19-13-17(25(34)43)14-22(45-3)23(19)40(28)10-6-5-9-39-20-8-7-16(24(33)42)12-18(20)35-27(39)29(30,31)32/h5-8,11-14H,4,9-10H2,1-3H3,(H2,33,42)(H2,34,43)(H,36,37,44)/b6-5+. The van der Waals surface area contributed by atoms with Crippen molar-refractivity contribution in [1.29, 1.82) is 0 Å². The van der Waals surface area contributed by atoms with E-state index in [0.717, 1.165) is 4.57 Å². The number of allylic oxidation sites excluding steroid dienone is 2. The Morgan fingerprint density at radius 2 is 1.62 bits per heavy atom. The molecule has 0 atom stereocenters. The van der Waals surface area contributed by atoms with Crippen LogP contribution in [-0.2, 0) is 25.8 Å². The minimum absolute atomic E-state index is 0.0311. The molecule has 5 N–H and O–H groups in total. The van der Waals surface area contributed by atoms with Crippen molar-refractivity contribution in [3.05, 3.63) is 76.9 Å². The molecule has 234 valence electrons. The molecule has 16 heteroatoms. The maximum absolute atomic E-state index is 13.9. The van der Waals surface area contributed by atoms with Gasteiger partial charge in [0.05, 0.1) is 29.4 Å². The van der Waals surface area contributed by atoms with Gasteiger partial charge in [0.2, 0.25) is 23.6 Å². The Morgan fingerprint density at radius 1 is 0.956 bits per heavy atom. The van der Waals surface area contributed by atoms with Gasteiger partial charge in [0.25, 0.3) is 5.91 Å². The molecule has 2 aromatic carbocycles. The summed E-state index contributed by atoms with van der Waals surface area (Å²) in [5, 5.41) is 7.07. The molecule has 0 aliphatic rings. The number of aryl methyl sites for hydroxylation is 2. The van der Waals surface area contributed by atoms with Gasteiger partial charge in [-0.2, -0.15) is 18.3 Å². The zero-order valence-corrected chi connectivity index (χ0v) is 24.3. The highest BCUT2D eigenvalue weighted by Crippen LogP contribution is 2.33. The van der Waals surface area contributed by atoms with Crippen LogP contribution in [0, 0.1) is 6.92 Å². The SMILES string of the molecule is CCn1nc(C)cc1C(=O)Nc1nc2cc(C(N)=O)cc(OC)c2n1C/C=C/Cn1c(C(F)(F)F)nc2cc(C(N)=O)ccc21. The Labute approximate surface area is 253 Å². The maximum Gasteiger partial charge on any atom is 0.449 e. The van der Waals surface area contributed by atoms with Crippen LogP contribution in [0.3, 0.4) is 0 Å². The number of amides is 3. The summed E-state index contributed by atoms with van der Waals surface area (Å²) in [6, 6.07) is 8.39. The number of rotatable bonds is 10. The molecule has 13 nitrogen and oxygen atoms in total. The van der Waals surface area contributed by atoms with Crippen molar-refractivity contribution in [2.24, 2.45) is 11.5 Å². The van der Waals surface area contributed by atoms with Gasteiger partial charge >= 0.3 is 6.18 Å². The van der Waals surface area contributed by atoms with E-state index in [-0.39, 0.29) is 52.5 Å². The molecular weight excluding hydrogens is 595 g/mol. The number of primary amides is 2. The second kappa shape index (κ2) is 11.8. The Hall–Kier alpha value is -5.67. The lowest BCUT2D eigenvalue weighted by Gasteiger charge is -2.12. The van der Waals surface area contributed by atoms with E-state index in [1.165, 1.54) is 48.2 Å². The molecule has 0 saturated carbocycles. The summed E-state index contributed by atoms with van der Waals surface area (Å²) in [6.45, 7) is 3.84. The fourth-order valence-electron chi connectivity index (χ4n) is 4.98. The van der Waals surface area contributed by atoms with Crippen molar-refractivity contribution in [3.8, 4) is 5.75 Å². The molecule has 0 unspecified atom stereocenters. The van der Waals surface area contributed by atoms with E-state index < -0.39 is 29.7 Å². The number of carbonyl (C=O) groups is 3. The third-order valence-corrected chi connectivity index (χ3v) is 7.00. The first kappa shape index (κ1) is 30.8. The summed E-state index contributed by atoms with van der Waals surface area (Å²) in [5.74, 6) is -2.82. The number of fused-ring (bicyclic) bond motifs is 2. The van der Waals surface area contributed by atoms with Crippen LogP contribution < -0.4 is 21.5 Å². The third kappa shape index (κ3) is 5.93. The van der Waals surface area contributed by atoms with Crippen molar-refractivity contribution < 1.29 is 32.3 Å². The highest BCUT2D eigenvalue weighted by molar-refractivity contribution is 6.04. The number of aromatic nitrogens is 6. The van der Waals surface area contributed by atoms with E-state index in [4.69, 9.17) is 16.2 Å². The van der Waals surface area contributed by atoms with Gasteiger partial charge in [0, 0.05) is 30.8 Å². The number of methoxy groups -OCH3 is 1. The number of nitrogens with zero attached hydrogens (tertiary/aromatic N) is 6. The predicted octanol–water partition coefficient (Wildman–Crippen LogP) is 3.64. The highest BCUT2D eigenvalue weighted by Gasteiger charge is 2.37. The number of anilines is 1. The molecule has 45 heavy (non-hydrogen) atoms. The van der Waals surface area contributed by atoms with Crippen LogP contribution >= 0.6 is 0 Å². The number of benzene rings is 2. The second-order valence-corrected chi connectivity index (χ2v) is 9.98. The van der Waals surface area contributed by atoms with Crippen molar-refractivity contribution in [2.45, 2.75) is 39.7 Å². The molecule has 0 bridgehead atoms. The second-order valence-electron chi connectivity index (χ2n) is 9.98. The topological polar surface area (TPSA) is 178 Å². The zero-order valence-electron chi connectivity index (χ0n) is 24.3. The van der Waals surface area contributed by atoms with Gasteiger partial charge in [-0.15, -0.1) is 0 Å². The average molecular weight is 624 g/mol. The van der Waals surface area contributed by atoms with Gasteiger partial charge < -0.3 is 25.3 Å². The molecule has 3 heterocycles. The molecule has 0 spiro atoms. The van der Waals surface area contributed by atoms with Crippen LogP contribution in [-0.4, -0.2) is 53.7 Å². The number of hydrogen-bond acceptors (Lipinski definition) is 7. The number of halogens is 3. The van der Waals surface area contributed by atoms with E-state index in [1.54, 1.807) is 23.6 Å². The molecule has 0 aliphatic carbocycles. The number of imidazole rings is 2. The monoisotopic (exact) mass is 623 g/mol. The Kier molecular flexibility index (Phi) is 8.06. The van der Waals surface area contributed by atoms with Crippen LogP contribution in [0.4, 0.5) is 19.1 Å². The minimum Gasteiger partial charge on any atom is -0.494 e. The van der Waals surface area contributed by atoms with Crippen LogP contribution in [0.25, 0.3) is 22.1 Å². The first-order valence-corrected chi connectivity index (χ1v) is 13.6. The summed E-state index contributed by atoms with van der Waals surface area (Å²) in [4.78, 5) is 45.0. The maximum atomic E-state index is 13.9. The number of nitrogens with two attached hydrogens (primary N) is 2. The normalized spacial score (nSPS) is 12.0. The summed E-state index contributed by atoms with van der Waals surface area (Å²) >= 11 is 0. The van der Waals surface area contributed by atoms with Gasteiger partial charge in [-0.25, -0.2) is 9.97 Å². The van der Waals surface area contributed by atoms with E-state index in [2.05, 4.69) is 20.4 Å². The van der Waals surface area contributed by atoms with Crippen molar-refractivity contribution in [1.82, 2.24) is 28.9 Å². The molecule has 0 fully saturated rings. The van der Waals surface area contributed by atoms with Gasteiger partial charge in [0.15, 0.2) is 0 Å². The number of ether oxygens (including phenoxy) is 1. The van der Waals surface area contributed by atoms with Crippen molar-refractivity contribution in [2.75, 3.05) is 12.4 Å². The van der Waals surface area contributed by atoms with Crippen LogP contribution in [0.15, 0.2) is 48.6 Å². The summed E-state index contributed by atoms with van der Waals surface area (Å²) in [5.41, 5.74) is 12.7. The fourth-order valence-corrected chi connectivity index (χ4v) is 4.98. The predicted molar refractivity (Wildman–Crippen MR) is 158 cm³/mol. The van der Waals surface area contributed by atoms with E-state index in [9.17, 15) is 27.6 Å². The highest BCUT2D eigenvalue weighted by atomic mass is 19.4. The van der Waals surface area contributed by atoms with Gasteiger partial charge in [-0.05, 0) is 50.2 Å². The van der Waals surface area contributed by atoms with Crippen LogP contribution in [0.2, 0.25) is 0 Å². The average Bonchev–Trinajstić information content (AvgIpc) is 3.66. The number of nitrogens with one attached hydrogen (secondary N) is 1. The third-order valence-electron chi connectivity index (χ3n) is 7.00. The zero-order chi connectivity index (χ0) is 32.6. The Bertz CT molecular complexity index is 2000. The number of alkyl halides is 3. The smallest absolute Gasteiger partial charge is 0.449 e. The molecular formula is C29H28F3N9O4. The van der Waals surface area contributed by atoms with Crippen molar-refractivity contribution in [3.63, 3.8) is 0 Å². The lowest BCUT2D eigenvalue weighted by Crippen LogP contribution is -2.20. The summed E-state index contributed by atoms with van der Waals surface area (Å²) < 4.78 is 51.3. The molecule has 0 radical (unpaired) electrons. The van der Waals surface area contributed by atoms with Crippen LogP contribution in [0.5, 0.6) is 5.75 Å². The van der Waals surface area contributed by atoms with Gasteiger partial charge in [0.1, 0.15) is 17.0 Å². The molecule has 0 saturated heterocycles. The van der Waals surface area contributed by atoms with Gasteiger partial charge in [-0.3, -0.25) is 24.4 Å². The van der Waals surface area contributed by atoms with E-state index >= 15 is 0 Å². The molecule has 5 aromatic rings. The largest absolute Gasteiger partial charge is 0.494 e. The quantitative estimate of drug-likeness (QED) is 0.199. The lowest BCUT2D eigenvalue weighted by atomic mass is 10.1. The van der Waals surface area contributed by atoms with Crippen molar-refractivity contribution >= 4 is 45.7 Å².